The van der Waals surface area contributed by atoms with Gasteiger partial charge in [0.15, 0.2) is 0 Å². The Bertz CT molecular complexity index is 852. The molecule has 0 unspecified atom stereocenters. The first kappa shape index (κ1) is 22.7. The van der Waals surface area contributed by atoms with Gasteiger partial charge in [-0.2, -0.15) is 14.9 Å². The van der Waals surface area contributed by atoms with Gasteiger partial charge in [0.05, 0.1) is 24.3 Å². The molecule has 27 heavy (non-hydrogen) atoms. The Morgan fingerprint density at radius 1 is 1.15 bits per heavy atom. The van der Waals surface area contributed by atoms with Crippen molar-refractivity contribution in [3.05, 3.63) is 44.7 Å². The predicted octanol–water partition coefficient (Wildman–Crippen LogP) is 1.32. The van der Waals surface area contributed by atoms with Crippen molar-refractivity contribution in [3.63, 3.8) is 0 Å². The van der Waals surface area contributed by atoms with Gasteiger partial charge in [-0.25, -0.2) is 0 Å². The number of benzene rings is 1. The maximum Gasteiger partial charge on any atom is 0.373 e. The lowest BCUT2D eigenvalue weighted by Crippen LogP contribution is -2.13. The van der Waals surface area contributed by atoms with Gasteiger partial charge in [-0.15, -0.1) is 0 Å². The van der Waals surface area contributed by atoms with Crippen LogP contribution in [0.1, 0.15) is 35.0 Å². The molecule has 0 radical (unpaired) electrons. The number of aromatic nitrogens is 1. The predicted molar refractivity (Wildman–Crippen MR) is 98.8 cm³/mol. The first-order chi connectivity index (χ1) is 13.0. The summed E-state index contributed by atoms with van der Waals surface area (Å²) in [7, 11) is 0. The van der Waals surface area contributed by atoms with Crippen LogP contribution in [0.5, 0.6) is 0 Å². The summed E-state index contributed by atoms with van der Waals surface area (Å²) in [5.41, 5.74) is 4.34. The van der Waals surface area contributed by atoms with Crippen LogP contribution >= 0.6 is 15.9 Å². The summed E-state index contributed by atoms with van der Waals surface area (Å²) in [6.45, 7) is 2.52. The molecule has 0 saturated heterocycles. The Kier molecular flexibility index (Phi) is 9.61. The van der Waals surface area contributed by atoms with Crippen LogP contribution in [0.2, 0.25) is 0 Å². The summed E-state index contributed by atoms with van der Waals surface area (Å²) < 4.78 is 0.619. The molecular weight excluding hydrogens is 418 g/mol. The Hall–Kier alpha value is -2.31. The van der Waals surface area contributed by atoms with Crippen LogP contribution in [0.25, 0.3) is 11.1 Å². The standard InChI is InChI=1S/C17H20BrN3O3.CO2/c1-2-20-6-15-16(17(18)14(5-19)21-15)11-4-3-10(7-22)12(8-23)13(11)9-24;2-1-3/h3-4,20-24H,2,6-9H2,1H3;. The first-order valence-corrected chi connectivity index (χ1v) is 8.80. The number of nitriles is 1. The second kappa shape index (κ2) is 11.4. The fourth-order valence-corrected chi connectivity index (χ4v) is 3.41. The number of aromatic amines is 1. The number of aliphatic hydroxyl groups is 3. The van der Waals surface area contributed by atoms with Crippen molar-refractivity contribution in [1.82, 2.24) is 10.3 Å². The molecule has 0 aliphatic rings. The molecule has 1 heterocycles. The Morgan fingerprint density at radius 2 is 1.78 bits per heavy atom. The average molecular weight is 438 g/mol. The van der Waals surface area contributed by atoms with E-state index in [0.717, 1.165) is 23.4 Å². The molecule has 0 amide bonds. The van der Waals surface area contributed by atoms with Gasteiger partial charge in [0.2, 0.25) is 0 Å². The zero-order valence-corrected chi connectivity index (χ0v) is 16.3. The van der Waals surface area contributed by atoms with Crippen molar-refractivity contribution in [1.29, 1.82) is 5.26 Å². The Balaban J connectivity index is 0.00000114. The summed E-state index contributed by atoms with van der Waals surface area (Å²) in [4.78, 5) is 19.3. The van der Waals surface area contributed by atoms with Crippen molar-refractivity contribution in [2.45, 2.75) is 33.3 Å². The minimum absolute atomic E-state index is 0.217. The topological polar surface area (TPSA) is 146 Å². The van der Waals surface area contributed by atoms with Crippen molar-refractivity contribution >= 4 is 22.1 Å². The number of hydrogen-bond donors (Lipinski definition) is 5. The van der Waals surface area contributed by atoms with Gasteiger partial charge in [0, 0.05) is 17.8 Å². The molecule has 0 saturated carbocycles. The van der Waals surface area contributed by atoms with Crippen molar-refractivity contribution in [2.75, 3.05) is 6.54 Å². The van der Waals surface area contributed by atoms with Crippen molar-refractivity contribution < 1.29 is 24.9 Å². The van der Waals surface area contributed by atoms with E-state index in [4.69, 9.17) is 9.59 Å². The fourth-order valence-electron chi connectivity index (χ4n) is 2.77. The first-order valence-electron chi connectivity index (χ1n) is 8.01. The van der Waals surface area contributed by atoms with Gasteiger partial charge >= 0.3 is 6.15 Å². The monoisotopic (exact) mass is 437 g/mol. The van der Waals surface area contributed by atoms with E-state index >= 15 is 0 Å². The lowest BCUT2D eigenvalue weighted by Gasteiger charge is -2.16. The third-order valence-electron chi connectivity index (χ3n) is 3.96. The number of rotatable bonds is 7. The second-order valence-corrected chi connectivity index (χ2v) is 6.14. The summed E-state index contributed by atoms with van der Waals surface area (Å²) in [6.07, 6.45) is 0.250. The van der Waals surface area contributed by atoms with Crippen molar-refractivity contribution in [2.24, 2.45) is 0 Å². The zero-order chi connectivity index (χ0) is 20.4. The van der Waals surface area contributed by atoms with Crippen LogP contribution in [-0.4, -0.2) is 33.0 Å². The van der Waals surface area contributed by atoms with Gasteiger partial charge in [0.1, 0.15) is 11.8 Å². The van der Waals surface area contributed by atoms with E-state index in [1.807, 2.05) is 6.92 Å². The van der Waals surface area contributed by atoms with E-state index in [2.05, 4.69) is 32.3 Å². The summed E-state index contributed by atoms with van der Waals surface area (Å²) in [6, 6.07) is 5.63. The molecule has 0 bridgehead atoms. The number of nitrogens with zero attached hydrogens (tertiary/aromatic N) is 1. The van der Waals surface area contributed by atoms with Gasteiger partial charge in [-0.1, -0.05) is 19.1 Å². The normalized spacial score (nSPS) is 9.93. The van der Waals surface area contributed by atoms with Gasteiger partial charge in [-0.3, -0.25) is 0 Å². The van der Waals surface area contributed by atoms with E-state index in [1.165, 1.54) is 0 Å². The molecule has 1 aromatic heterocycles. The Morgan fingerprint density at radius 3 is 2.26 bits per heavy atom. The third kappa shape index (κ3) is 5.11. The van der Waals surface area contributed by atoms with E-state index < -0.39 is 0 Å². The van der Waals surface area contributed by atoms with Gasteiger partial charge < -0.3 is 25.6 Å². The molecule has 0 aliphatic carbocycles. The fraction of sp³-hybridized carbons (Fsp3) is 0.333. The van der Waals surface area contributed by atoms with Crippen LogP contribution in [0.15, 0.2) is 16.6 Å². The largest absolute Gasteiger partial charge is 0.392 e. The highest BCUT2D eigenvalue weighted by Gasteiger charge is 2.21. The Labute approximate surface area is 164 Å². The molecule has 0 aliphatic heterocycles. The lowest BCUT2D eigenvalue weighted by atomic mass is 9.92. The van der Waals surface area contributed by atoms with Gasteiger partial charge in [0.25, 0.3) is 0 Å². The maximum absolute atomic E-state index is 9.83. The highest BCUT2D eigenvalue weighted by Crippen LogP contribution is 2.38. The minimum atomic E-state index is -0.282. The summed E-state index contributed by atoms with van der Waals surface area (Å²) in [5, 5.41) is 41.4. The smallest absolute Gasteiger partial charge is 0.373 e. The molecule has 1 aromatic carbocycles. The molecule has 2 rings (SSSR count). The zero-order valence-electron chi connectivity index (χ0n) is 14.7. The van der Waals surface area contributed by atoms with Crippen LogP contribution in [0.3, 0.4) is 0 Å². The van der Waals surface area contributed by atoms with Crippen LogP contribution in [0, 0.1) is 11.3 Å². The summed E-state index contributed by atoms with van der Waals surface area (Å²) >= 11 is 3.46. The molecule has 2 aromatic rings. The number of hydrogen-bond acceptors (Lipinski definition) is 7. The molecule has 8 nitrogen and oxygen atoms in total. The van der Waals surface area contributed by atoms with Crippen LogP contribution in [0.4, 0.5) is 0 Å². The van der Waals surface area contributed by atoms with Gasteiger partial charge in [-0.05, 0) is 44.7 Å². The highest BCUT2D eigenvalue weighted by molar-refractivity contribution is 9.10. The molecule has 5 N–H and O–H groups in total. The SMILES string of the molecule is CCNCc1[nH]c(C#N)c(Br)c1-c1ccc(CO)c(CO)c1CO.O=C=O. The number of nitrogens with one attached hydrogen (secondary N) is 2. The van der Waals surface area contributed by atoms with Crippen LogP contribution < -0.4 is 5.32 Å². The quantitative estimate of drug-likeness (QED) is 0.438. The van der Waals surface area contributed by atoms with E-state index in [1.54, 1.807) is 12.1 Å². The summed E-state index contributed by atoms with van der Waals surface area (Å²) in [5.74, 6) is 0. The molecular formula is C18H20BrN3O5. The molecule has 0 atom stereocenters. The van der Waals surface area contributed by atoms with E-state index in [-0.39, 0.29) is 26.0 Å². The minimum Gasteiger partial charge on any atom is -0.392 e. The molecule has 0 fully saturated rings. The number of H-pyrrole nitrogens is 1. The molecule has 9 heteroatoms. The lowest BCUT2D eigenvalue weighted by molar-refractivity contribution is -0.191. The molecule has 0 spiro atoms. The third-order valence-corrected chi connectivity index (χ3v) is 4.76. The highest BCUT2D eigenvalue weighted by atomic mass is 79.9. The van der Waals surface area contributed by atoms with E-state index in [9.17, 15) is 20.6 Å². The number of carbonyl (C=O) groups excluding carboxylic acids is 2. The molecule has 144 valence electrons. The van der Waals surface area contributed by atoms with E-state index in [0.29, 0.717) is 33.4 Å². The van der Waals surface area contributed by atoms with Crippen LogP contribution in [-0.2, 0) is 36.0 Å². The number of aliphatic hydroxyl groups excluding tert-OH is 3. The van der Waals surface area contributed by atoms with Crippen molar-refractivity contribution in [3.8, 4) is 17.2 Å². The maximum atomic E-state index is 9.83. The second-order valence-electron chi connectivity index (χ2n) is 5.35. The number of halogens is 1. The average Bonchev–Trinajstić information content (AvgIpc) is 3.00.